The average molecular weight is 214 g/mol. The molecule has 86 valence electrons. The molecule has 1 aliphatic rings. The summed E-state index contributed by atoms with van der Waals surface area (Å²) in [5.41, 5.74) is 0. The molecule has 0 saturated carbocycles. The number of unbranched alkanes of at least 4 members (excludes halogenated alkanes) is 1. The monoisotopic (exact) mass is 214 g/mol. The molecule has 15 heavy (non-hydrogen) atoms. The van der Waals surface area contributed by atoms with Crippen LogP contribution in [0, 0.1) is 0 Å². The van der Waals surface area contributed by atoms with Gasteiger partial charge in [-0.25, -0.2) is 0 Å². The van der Waals surface area contributed by atoms with Gasteiger partial charge in [-0.15, -0.1) is 0 Å². The molecule has 0 spiro atoms. The summed E-state index contributed by atoms with van der Waals surface area (Å²) in [5, 5.41) is 0. The van der Waals surface area contributed by atoms with E-state index in [0.717, 1.165) is 12.8 Å². The Bertz CT molecular complexity index is 255. The van der Waals surface area contributed by atoms with E-state index < -0.39 is 5.79 Å². The van der Waals surface area contributed by atoms with E-state index in [1.165, 1.54) is 6.26 Å². The van der Waals surface area contributed by atoms with E-state index in [2.05, 4.69) is 0 Å². The molecule has 0 aliphatic carbocycles. The molecule has 0 atom stereocenters. The van der Waals surface area contributed by atoms with Crippen LogP contribution in [0.25, 0.3) is 0 Å². The maximum Gasteiger partial charge on any atom is 0.306 e. The van der Waals surface area contributed by atoms with Gasteiger partial charge >= 0.3 is 5.97 Å². The van der Waals surface area contributed by atoms with E-state index in [9.17, 15) is 4.79 Å². The summed E-state index contributed by atoms with van der Waals surface area (Å²) < 4.78 is 15.6. The van der Waals surface area contributed by atoms with Gasteiger partial charge in [0, 0.05) is 20.3 Å². The molecule has 1 rings (SSSR count). The Morgan fingerprint density at radius 1 is 1.53 bits per heavy atom. The summed E-state index contributed by atoms with van der Waals surface area (Å²) in [6.45, 7) is 5.79. The minimum absolute atomic E-state index is 0.159. The van der Waals surface area contributed by atoms with Crippen LogP contribution >= 0.6 is 0 Å². The van der Waals surface area contributed by atoms with Crippen molar-refractivity contribution in [2.45, 2.75) is 45.8 Å². The van der Waals surface area contributed by atoms with E-state index >= 15 is 0 Å². The fraction of sp³-hybridized carbons (Fsp3) is 0.727. The molecule has 0 aromatic carbocycles. The van der Waals surface area contributed by atoms with Gasteiger partial charge in [0.25, 0.3) is 0 Å². The van der Waals surface area contributed by atoms with E-state index in [0.29, 0.717) is 12.2 Å². The number of hydrogen-bond donors (Lipinski definition) is 0. The van der Waals surface area contributed by atoms with Crippen molar-refractivity contribution < 1.29 is 19.0 Å². The van der Waals surface area contributed by atoms with Crippen molar-refractivity contribution in [2.75, 3.05) is 6.61 Å². The zero-order chi connectivity index (χ0) is 11.3. The third kappa shape index (κ3) is 4.23. The first-order valence-corrected chi connectivity index (χ1v) is 5.25. The Balaban J connectivity index is 2.18. The number of rotatable bonds is 5. The number of ether oxygens (including phenoxy) is 3. The van der Waals surface area contributed by atoms with Crippen LogP contribution < -0.4 is 0 Å². The summed E-state index contributed by atoms with van der Waals surface area (Å²) in [7, 11) is 0. The lowest BCUT2D eigenvalue weighted by atomic mass is 10.2. The van der Waals surface area contributed by atoms with Gasteiger partial charge in [-0.05, 0) is 6.42 Å². The Morgan fingerprint density at radius 3 is 2.80 bits per heavy atom. The smallest absolute Gasteiger partial charge is 0.306 e. The van der Waals surface area contributed by atoms with Crippen LogP contribution in [-0.4, -0.2) is 18.4 Å². The zero-order valence-electron chi connectivity index (χ0n) is 9.54. The molecule has 1 aliphatic heterocycles. The molecular formula is C11H18O4. The average Bonchev–Trinajstić information content (AvgIpc) is 2.52. The van der Waals surface area contributed by atoms with Crippen LogP contribution in [0.3, 0.4) is 0 Å². The van der Waals surface area contributed by atoms with Gasteiger partial charge < -0.3 is 14.2 Å². The fourth-order valence-corrected chi connectivity index (χ4v) is 1.18. The Kier molecular flexibility index (Phi) is 4.00. The molecule has 0 N–H and O–H groups in total. The first-order valence-electron chi connectivity index (χ1n) is 5.25. The first-order chi connectivity index (χ1) is 7.03. The lowest BCUT2D eigenvalue weighted by Gasteiger charge is -2.18. The molecule has 4 nitrogen and oxygen atoms in total. The first kappa shape index (κ1) is 11.9. The van der Waals surface area contributed by atoms with Crippen molar-refractivity contribution >= 4 is 5.97 Å². The van der Waals surface area contributed by atoms with Crippen LogP contribution in [-0.2, 0) is 19.0 Å². The highest BCUT2D eigenvalue weighted by Crippen LogP contribution is 2.24. The van der Waals surface area contributed by atoms with Gasteiger partial charge in [-0.2, -0.15) is 0 Å². The Hall–Kier alpha value is -1.19. The van der Waals surface area contributed by atoms with Crippen molar-refractivity contribution in [1.82, 2.24) is 0 Å². The summed E-state index contributed by atoms with van der Waals surface area (Å²) >= 11 is 0. The van der Waals surface area contributed by atoms with Gasteiger partial charge in [-0.1, -0.05) is 13.3 Å². The second-order valence-electron chi connectivity index (χ2n) is 3.97. The standard InChI is InChI=1S/C11H18O4/c1-4-5-6-10(12)13-7-9-8-14-11(2,3)15-9/h8H,4-7H2,1-3H3. The Labute approximate surface area is 90.2 Å². The molecule has 1 heterocycles. The summed E-state index contributed by atoms with van der Waals surface area (Å²) in [6.07, 6.45) is 3.81. The molecule has 0 fully saturated rings. The minimum Gasteiger partial charge on any atom is -0.457 e. The predicted molar refractivity (Wildman–Crippen MR) is 54.8 cm³/mol. The van der Waals surface area contributed by atoms with Crippen molar-refractivity contribution in [1.29, 1.82) is 0 Å². The maximum absolute atomic E-state index is 11.2. The van der Waals surface area contributed by atoms with E-state index in [1.54, 1.807) is 13.8 Å². The summed E-state index contributed by atoms with van der Waals surface area (Å²) in [6, 6.07) is 0. The second kappa shape index (κ2) is 5.05. The van der Waals surface area contributed by atoms with E-state index in [1.807, 2.05) is 6.92 Å². The third-order valence-electron chi connectivity index (χ3n) is 1.96. The van der Waals surface area contributed by atoms with E-state index in [-0.39, 0.29) is 12.6 Å². The van der Waals surface area contributed by atoms with Crippen molar-refractivity contribution in [2.24, 2.45) is 0 Å². The van der Waals surface area contributed by atoms with Crippen LogP contribution in [0.2, 0.25) is 0 Å². The number of carbonyl (C=O) groups excluding carboxylic acids is 1. The minimum atomic E-state index is -0.634. The van der Waals surface area contributed by atoms with Crippen LogP contribution in [0.4, 0.5) is 0 Å². The summed E-state index contributed by atoms with van der Waals surface area (Å²) in [5.74, 6) is -0.263. The SMILES string of the molecule is CCCCC(=O)OCC1=COC(C)(C)O1. The molecule has 0 radical (unpaired) electrons. The zero-order valence-corrected chi connectivity index (χ0v) is 9.54. The maximum atomic E-state index is 11.2. The molecule has 0 unspecified atom stereocenters. The van der Waals surface area contributed by atoms with Gasteiger partial charge in [0.15, 0.2) is 12.4 Å². The predicted octanol–water partition coefficient (Wildman–Crippen LogP) is 2.34. The van der Waals surface area contributed by atoms with Gasteiger partial charge in [0.1, 0.15) is 6.26 Å². The number of esters is 1. The van der Waals surface area contributed by atoms with Gasteiger partial charge in [0.05, 0.1) is 0 Å². The van der Waals surface area contributed by atoms with Crippen LogP contribution in [0.15, 0.2) is 12.0 Å². The number of hydrogen-bond acceptors (Lipinski definition) is 4. The normalized spacial score (nSPS) is 17.7. The van der Waals surface area contributed by atoms with Crippen molar-refractivity contribution in [3.63, 3.8) is 0 Å². The largest absolute Gasteiger partial charge is 0.457 e. The molecule has 0 saturated heterocycles. The van der Waals surface area contributed by atoms with E-state index in [4.69, 9.17) is 14.2 Å². The van der Waals surface area contributed by atoms with Crippen LogP contribution in [0.5, 0.6) is 0 Å². The van der Waals surface area contributed by atoms with Crippen molar-refractivity contribution in [3.05, 3.63) is 12.0 Å². The third-order valence-corrected chi connectivity index (χ3v) is 1.96. The highest BCUT2D eigenvalue weighted by Gasteiger charge is 2.27. The van der Waals surface area contributed by atoms with Crippen LogP contribution in [0.1, 0.15) is 40.0 Å². The number of carbonyl (C=O) groups is 1. The van der Waals surface area contributed by atoms with Gasteiger partial charge in [-0.3, -0.25) is 4.79 Å². The Morgan fingerprint density at radius 2 is 2.27 bits per heavy atom. The molecule has 0 aromatic rings. The lowest BCUT2D eigenvalue weighted by Crippen LogP contribution is -2.21. The molecule has 0 amide bonds. The topological polar surface area (TPSA) is 44.8 Å². The molecule has 4 heteroatoms. The quantitative estimate of drug-likeness (QED) is 0.659. The highest BCUT2D eigenvalue weighted by atomic mass is 16.7. The lowest BCUT2D eigenvalue weighted by molar-refractivity contribution is -0.147. The fourth-order valence-electron chi connectivity index (χ4n) is 1.18. The molecule has 0 aromatic heterocycles. The summed E-state index contributed by atoms with van der Waals surface area (Å²) in [4.78, 5) is 11.2. The van der Waals surface area contributed by atoms with Crippen molar-refractivity contribution in [3.8, 4) is 0 Å². The highest BCUT2D eigenvalue weighted by molar-refractivity contribution is 5.69. The van der Waals surface area contributed by atoms with Gasteiger partial charge in [0.2, 0.25) is 5.79 Å². The molecular weight excluding hydrogens is 196 g/mol. The second-order valence-corrected chi connectivity index (χ2v) is 3.97. The molecule has 0 bridgehead atoms.